The molecule has 1 atom stereocenters. The molecule has 0 aliphatic heterocycles. The van der Waals surface area contributed by atoms with Crippen LogP contribution >= 0.6 is 7.82 Å². The van der Waals surface area contributed by atoms with E-state index in [0.29, 0.717) is 0 Å². The predicted octanol–water partition coefficient (Wildman–Crippen LogP) is 0.397. The number of Topliss-reactive ketones (excluding diaryl/α,β-unsaturated/α-hetero) is 1. The smallest absolute Gasteiger partial charge is 0.344 e. The van der Waals surface area contributed by atoms with E-state index in [1.54, 1.807) is 0 Å². The number of phosphoric acid groups is 1. The lowest BCUT2D eigenvalue weighted by atomic mass is 10.3. The van der Waals surface area contributed by atoms with Crippen LogP contribution in [0.1, 0.15) is 13.8 Å². The van der Waals surface area contributed by atoms with Crippen molar-refractivity contribution in [3.05, 3.63) is 0 Å². The van der Waals surface area contributed by atoms with Crippen molar-refractivity contribution < 1.29 is 23.7 Å². The fourth-order valence-corrected chi connectivity index (χ4v) is 0.841. The van der Waals surface area contributed by atoms with Crippen LogP contribution in [0, 0.1) is 0 Å². The van der Waals surface area contributed by atoms with E-state index in [1.165, 1.54) is 13.8 Å². The molecule has 0 aliphatic rings. The Balaban J connectivity index is -0.000000405. The minimum Gasteiger partial charge on any atom is -0.344 e. The van der Waals surface area contributed by atoms with Gasteiger partial charge in [0.2, 0.25) is 0 Å². The molecule has 8 heteroatoms. The van der Waals surface area contributed by atoms with Gasteiger partial charge in [0.25, 0.3) is 0 Å². The van der Waals surface area contributed by atoms with Crippen LogP contribution in [0.5, 0.6) is 0 Å². The van der Waals surface area contributed by atoms with Gasteiger partial charge < -0.3 is 22.1 Å². The van der Waals surface area contributed by atoms with Gasteiger partial charge in [0.1, 0.15) is 6.10 Å². The van der Waals surface area contributed by atoms with Crippen molar-refractivity contribution in [3.63, 3.8) is 0 Å². The number of rotatable bonds is 3. The Labute approximate surface area is 70.5 Å². The van der Waals surface area contributed by atoms with Gasteiger partial charge in [-0.05, 0) is 13.8 Å². The summed E-state index contributed by atoms with van der Waals surface area (Å²) in [4.78, 5) is 26.7. The summed E-state index contributed by atoms with van der Waals surface area (Å²) in [5.41, 5.74) is 0. The summed E-state index contributed by atoms with van der Waals surface area (Å²) in [5.74, 6) is -0.414. The van der Waals surface area contributed by atoms with Crippen molar-refractivity contribution in [2.24, 2.45) is 0 Å². The maximum atomic E-state index is 10.4. The lowest BCUT2D eigenvalue weighted by Gasteiger charge is -2.08. The first kappa shape index (κ1) is 17.7. The Morgan fingerprint density at radius 1 is 1.42 bits per heavy atom. The molecule has 0 saturated carbocycles. The van der Waals surface area contributed by atoms with Gasteiger partial charge >= 0.3 is 7.82 Å². The fourth-order valence-electron chi connectivity index (χ4n) is 0.280. The Kier molecular flexibility index (Phi) is 9.21. The largest absolute Gasteiger partial charge is 0.470 e. The van der Waals surface area contributed by atoms with Crippen molar-refractivity contribution in [2.75, 3.05) is 0 Å². The van der Waals surface area contributed by atoms with Crippen LogP contribution in [0.4, 0.5) is 0 Å². The maximum absolute atomic E-state index is 10.4. The summed E-state index contributed by atoms with van der Waals surface area (Å²) in [6.07, 6.45) is -1.04. The quantitative estimate of drug-likeness (QED) is 0.482. The monoisotopic (exact) mass is 202 g/mol. The molecule has 0 heterocycles. The van der Waals surface area contributed by atoms with Gasteiger partial charge in [0.15, 0.2) is 5.78 Å². The third kappa shape index (κ3) is 9.70. The van der Waals surface area contributed by atoms with Gasteiger partial charge in [0.05, 0.1) is 0 Å². The van der Waals surface area contributed by atoms with Gasteiger partial charge in [-0.25, -0.2) is 4.57 Å². The standard InChI is InChI=1S/C4H9O5P.2H3N/c1-3(5)4(2)9-10(6,7)8;;/h4H,1-2H3,(H2,6,7,8);2*1H3. The van der Waals surface area contributed by atoms with Crippen molar-refractivity contribution in [1.82, 2.24) is 12.3 Å². The zero-order valence-corrected chi connectivity index (χ0v) is 7.95. The molecule has 0 amide bonds. The molecular formula is C4H15N2O5P. The average Bonchev–Trinajstić information content (AvgIpc) is 1.60. The van der Waals surface area contributed by atoms with Crippen molar-refractivity contribution in [1.29, 1.82) is 0 Å². The Bertz CT molecular complexity index is 178. The van der Waals surface area contributed by atoms with Crippen molar-refractivity contribution >= 4 is 13.6 Å². The van der Waals surface area contributed by atoms with E-state index in [4.69, 9.17) is 9.79 Å². The molecular weight excluding hydrogens is 187 g/mol. The number of ketones is 1. The topological polar surface area (TPSA) is 154 Å². The molecule has 0 rings (SSSR count). The molecule has 0 aromatic carbocycles. The summed E-state index contributed by atoms with van der Waals surface area (Å²) in [7, 11) is -4.50. The summed E-state index contributed by atoms with van der Waals surface area (Å²) in [6.45, 7) is 2.47. The first-order chi connectivity index (χ1) is 4.33. The number of carbonyl (C=O) groups is 1. The normalized spacial score (nSPS) is 12.3. The lowest BCUT2D eigenvalue weighted by molar-refractivity contribution is -0.123. The van der Waals surface area contributed by atoms with Crippen LogP contribution in [0.2, 0.25) is 0 Å². The Morgan fingerprint density at radius 2 is 1.75 bits per heavy atom. The number of hydrogen-bond acceptors (Lipinski definition) is 5. The van der Waals surface area contributed by atoms with E-state index in [2.05, 4.69) is 4.52 Å². The SMILES string of the molecule is CC(=O)C(C)OP(=O)(O)O.N.N. The first-order valence-electron chi connectivity index (χ1n) is 2.57. The van der Waals surface area contributed by atoms with Crippen molar-refractivity contribution in [3.8, 4) is 0 Å². The van der Waals surface area contributed by atoms with Crippen LogP contribution in [0.3, 0.4) is 0 Å². The molecule has 0 bridgehead atoms. The van der Waals surface area contributed by atoms with E-state index < -0.39 is 19.7 Å². The predicted molar refractivity (Wildman–Crippen MR) is 43.3 cm³/mol. The molecule has 0 spiro atoms. The van der Waals surface area contributed by atoms with Crippen molar-refractivity contribution in [2.45, 2.75) is 20.0 Å². The van der Waals surface area contributed by atoms with Gasteiger partial charge in [-0.3, -0.25) is 9.32 Å². The molecule has 12 heavy (non-hydrogen) atoms. The van der Waals surface area contributed by atoms with Crippen LogP contribution in [-0.2, 0) is 13.9 Å². The minimum atomic E-state index is -4.50. The van der Waals surface area contributed by atoms with Gasteiger partial charge in [0, 0.05) is 0 Å². The third-order valence-electron chi connectivity index (χ3n) is 0.868. The number of hydrogen-bond donors (Lipinski definition) is 4. The summed E-state index contributed by atoms with van der Waals surface area (Å²) in [5, 5.41) is 0. The molecule has 1 unspecified atom stereocenters. The van der Waals surface area contributed by atoms with Crippen LogP contribution in [0.15, 0.2) is 0 Å². The summed E-state index contributed by atoms with van der Waals surface area (Å²) in [6, 6.07) is 0. The highest BCUT2D eigenvalue weighted by molar-refractivity contribution is 7.46. The molecule has 7 nitrogen and oxygen atoms in total. The highest BCUT2D eigenvalue weighted by Gasteiger charge is 2.21. The minimum absolute atomic E-state index is 0. The second-order valence-electron chi connectivity index (χ2n) is 1.85. The van der Waals surface area contributed by atoms with E-state index in [-0.39, 0.29) is 12.3 Å². The van der Waals surface area contributed by atoms with Gasteiger partial charge in [-0.1, -0.05) is 0 Å². The van der Waals surface area contributed by atoms with Gasteiger partial charge in [-0.2, -0.15) is 0 Å². The molecule has 0 aromatic heterocycles. The third-order valence-corrected chi connectivity index (χ3v) is 1.46. The Hall–Kier alpha value is -0.300. The fraction of sp³-hybridized carbons (Fsp3) is 0.750. The molecule has 0 radical (unpaired) electrons. The number of phosphoric ester groups is 1. The molecule has 0 aliphatic carbocycles. The van der Waals surface area contributed by atoms with E-state index in [0.717, 1.165) is 0 Å². The second kappa shape index (κ2) is 6.24. The van der Waals surface area contributed by atoms with E-state index in [1.807, 2.05) is 0 Å². The maximum Gasteiger partial charge on any atom is 0.470 e. The van der Waals surface area contributed by atoms with Crippen LogP contribution in [-0.4, -0.2) is 21.7 Å². The molecule has 76 valence electrons. The zero-order valence-electron chi connectivity index (χ0n) is 7.06. The Morgan fingerprint density at radius 3 is 1.83 bits per heavy atom. The summed E-state index contributed by atoms with van der Waals surface area (Å²) < 4.78 is 14.1. The van der Waals surface area contributed by atoms with Crippen LogP contribution < -0.4 is 12.3 Å². The average molecular weight is 202 g/mol. The molecule has 8 N–H and O–H groups in total. The van der Waals surface area contributed by atoms with Gasteiger partial charge in [-0.15, -0.1) is 0 Å². The first-order valence-corrected chi connectivity index (χ1v) is 4.10. The summed E-state index contributed by atoms with van der Waals surface area (Å²) >= 11 is 0. The molecule has 0 aromatic rings. The highest BCUT2D eigenvalue weighted by atomic mass is 31.2. The molecule has 0 fully saturated rings. The van der Waals surface area contributed by atoms with Crippen LogP contribution in [0.25, 0.3) is 0 Å². The van der Waals surface area contributed by atoms with E-state index >= 15 is 0 Å². The highest BCUT2D eigenvalue weighted by Crippen LogP contribution is 2.37. The zero-order chi connectivity index (χ0) is 8.36. The number of carbonyl (C=O) groups excluding carboxylic acids is 1. The lowest BCUT2D eigenvalue weighted by Crippen LogP contribution is -2.15. The molecule has 0 saturated heterocycles. The van der Waals surface area contributed by atoms with E-state index in [9.17, 15) is 9.36 Å². The second-order valence-corrected chi connectivity index (χ2v) is 3.04.